The number of benzene rings is 1. The van der Waals surface area contributed by atoms with Gasteiger partial charge in [-0.2, -0.15) is 0 Å². The smallest absolute Gasteiger partial charge is 0.194 e. The number of hydrogen-bond donors (Lipinski definition) is 0. The molecule has 0 saturated carbocycles. The predicted octanol–water partition coefficient (Wildman–Crippen LogP) is 5.26. The zero-order valence-corrected chi connectivity index (χ0v) is 16.7. The summed E-state index contributed by atoms with van der Waals surface area (Å²) in [4.78, 5) is 9.84. The molecule has 0 saturated heterocycles. The van der Waals surface area contributed by atoms with Gasteiger partial charge in [-0.1, -0.05) is 57.2 Å². The van der Waals surface area contributed by atoms with Gasteiger partial charge < -0.3 is 4.90 Å². The third-order valence-corrected chi connectivity index (χ3v) is 8.93. The maximum absolute atomic E-state index is 4.56. The van der Waals surface area contributed by atoms with Crippen molar-refractivity contribution in [2.45, 2.75) is 59.0 Å². The molecule has 25 heavy (non-hydrogen) atoms. The number of nitrogens with zero attached hydrogens (tertiary/aromatic N) is 3. The van der Waals surface area contributed by atoms with Gasteiger partial charge in [-0.15, -0.1) is 0 Å². The lowest BCUT2D eigenvalue weighted by atomic mass is 9.52. The lowest BCUT2D eigenvalue weighted by Gasteiger charge is -2.61. The van der Waals surface area contributed by atoms with Gasteiger partial charge in [-0.05, 0) is 30.4 Å². The number of hydrogen-bond acceptors (Lipinski definition) is 3. The molecule has 1 unspecified atom stereocenters. The molecule has 4 heteroatoms. The topological polar surface area (TPSA) is 20.5 Å². The molecule has 5 rings (SSSR count). The van der Waals surface area contributed by atoms with Gasteiger partial charge in [0.15, 0.2) is 4.96 Å². The Bertz CT molecular complexity index is 1020. The molecule has 0 fully saturated rings. The second-order valence-corrected chi connectivity index (χ2v) is 9.81. The Morgan fingerprint density at radius 1 is 1.12 bits per heavy atom. The fourth-order valence-corrected chi connectivity index (χ4v) is 6.59. The van der Waals surface area contributed by atoms with Crippen LogP contribution in [-0.4, -0.2) is 9.38 Å². The quantitative estimate of drug-likeness (QED) is 0.551. The van der Waals surface area contributed by atoms with Crippen molar-refractivity contribution in [3.63, 3.8) is 0 Å². The summed E-state index contributed by atoms with van der Waals surface area (Å²) in [5, 5.41) is 0. The standard InChI is InChI=1S/C21H25N3S/c1-13-8-7-9-14-16(13)24-12-15-17(25-18-22-10-11-23(15)18)21(24,6)20(4,5)19(14,2)3/h7-11H,12H2,1-6H3. The van der Waals surface area contributed by atoms with E-state index in [9.17, 15) is 0 Å². The lowest BCUT2D eigenvalue weighted by molar-refractivity contribution is 0.0705. The van der Waals surface area contributed by atoms with Crippen LogP contribution in [0.3, 0.4) is 0 Å². The largest absolute Gasteiger partial charge is 0.354 e. The Morgan fingerprint density at radius 3 is 2.64 bits per heavy atom. The molecule has 0 N–H and O–H groups in total. The zero-order valence-electron chi connectivity index (χ0n) is 15.8. The van der Waals surface area contributed by atoms with E-state index in [-0.39, 0.29) is 16.4 Å². The van der Waals surface area contributed by atoms with Gasteiger partial charge in [0, 0.05) is 23.5 Å². The molecule has 3 aromatic rings. The highest BCUT2D eigenvalue weighted by molar-refractivity contribution is 7.17. The molecular formula is C21H25N3S. The normalized spacial score (nSPS) is 25.8. The van der Waals surface area contributed by atoms with E-state index in [1.165, 1.54) is 27.4 Å². The summed E-state index contributed by atoms with van der Waals surface area (Å²) in [5.41, 5.74) is 5.83. The van der Waals surface area contributed by atoms with Crippen LogP contribution in [0.5, 0.6) is 0 Å². The monoisotopic (exact) mass is 351 g/mol. The summed E-state index contributed by atoms with van der Waals surface area (Å²) in [5.74, 6) is 0. The number of anilines is 1. The van der Waals surface area contributed by atoms with Crippen LogP contribution in [0.15, 0.2) is 30.6 Å². The van der Waals surface area contributed by atoms with E-state index in [0.717, 1.165) is 11.5 Å². The Morgan fingerprint density at radius 2 is 1.88 bits per heavy atom. The van der Waals surface area contributed by atoms with Crippen LogP contribution >= 0.6 is 11.3 Å². The molecule has 0 radical (unpaired) electrons. The highest BCUT2D eigenvalue weighted by Gasteiger charge is 2.63. The highest BCUT2D eigenvalue weighted by Crippen LogP contribution is 2.66. The molecule has 0 amide bonds. The molecule has 0 spiro atoms. The minimum atomic E-state index is -0.0314. The van der Waals surface area contributed by atoms with Gasteiger partial charge in [-0.3, -0.25) is 4.40 Å². The summed E-state index contributed by atoms with van der Waals surface area (Å²) < 4.78 is 2.30. The number of rotatable bonds is 0. The molecule has 130 valence electrons. The van der Waals surface area contributed by atoms with E-state index in [1.807, 2.05) is 17.5 Å². The molecule has 2 aliphatic heterocycles. The second kappa shape index (κ2) is 4.29. The first-order valence-corrected chi connectivity index (χ1v) is 9.86. The van der Waals surface area contributed by atoms with E-state index >= 15 is 0 Å². The van der Waals surface area contributed by atoms with Crippen molar-refractivity contribution in [3.8, 4) is 0 Å². The van der Waals surface area contributed by atoms with E-state index in [1.54, 1.807) is 0 Å². The number of aromatic nitrogens is 2. The molecule has 1 atom stereocenters. The van der Waals surface area contributed by atoms with Crippen molar-refractivity contribution in [3.05, 3.63) is 52.3 Å². The fourth-order valence-electron chi connectivity index (χ4n) is 5.18. The minimum Gasteiger partial charge on any atom is -0.354 e. The maximum Gasteiger partial charge on any atom is 0.194 e. The molecule has 0 bridgehead atoms. The lowest BCUT2D eigenvalue weighted by Crippen LogP contribution is -2.61. The summed E-state index contributed by atoms with van der Waals surface area (Å²) in [6.07, 6.45) is 4.03. The fraction of sp³-hybridized carbons (Fsp3) is 0.476. The van der Waals surface area contributed by atoms with E-state index in [0.29, 0.717) is 0 Å². The van der Waals surface area contributed by atoms with Crippen molar-refractivity contribution >= 4 is 22.0 Å². The Kier molecular flexibility index (Phi) is 2.65. The van der Waals surface area contributed by atoms with Crippen molar-refractivity contribution in [2.75, 3.05) is 4.90 Å². The van der Waals surface area contributed by atoms with E-state index in [2.05, 4.69) is 80.2 Å². The van der Waals surface area contributed by atoms with Crippen LogP contribution in [0.1, 0.15) is 56.3 Å². The zero-order chi connectivity index (χ0) is 17.8. The van der Waals surface area contributed by atoms with Crippen LogP contribution in [0.2, 0.25) is 0 Å². The summed E-state index contributed by atoms with van der Waals surface area (Å²) >= 11 is 1.87. The Labute approximate surface area is 153 Å². The number of imidazole rings is 1. The number of aryl methyl sites for hydroxylation is 1. The summed E-state index contributed by atoms with van der Waals surface area (Å²) in [7, 11) is 0. The molecule has 2 aliphatic rings. The van der Waals surface area contributed by atoms with Gasteiger partial charge >= 0.3 is 0 Å². The maximum atomic E-state index is 4.56. The molecule has 1 aromatic carbocycles. The first-order chi connectivity index (χ1) is 11.7. The number of fused-ring (bicyclic) bond motifs is 7. The Balaban J connectivity index is 1.90. The average Bonchev–Trinajstić information content (AvgIpc) is 3.19. The highest BCUT2D eigenvalue weighted by atomic mass is 32.1. The third kappa shape index (κ3) is 1.48. The number of thiazole rings is 1. The van der Waals surface area contributed by atoms with Crippen molar-refractivity contribution in [2.24, 2.45) is 5.41 Å². The van der Waals surface area contributed by atoms with Crippen molar-refractivity contribution < 1.29 is 0 Å². The van der Waals surface area contributed by atoms with Crippen molar-refractivity contribution in [1.29, 1.82) is 0 Å². The van der Waals surface area contributed by atoms with Crippen LogP contribution < -0.4 is 4.90 Å². The first-order valence-electron chi connectivity index (χ1n) is 9.04. The van der Waals surface area contributed by atoms with Crippen LogP contribution in [0.25, 0.3) is 4.96 Å². The minimum absolute atomic E-state index is 0.0314. The van der Waals surface area contributed by atoms with Crippen LogP contribution in [0.4, 0.5) is 5.69 Å². The average molecular weight is 352 g/mol. The SMILES string of the molecule is Cc1cccc2c1N1Cc3c(sc4nccn34)C1(C)C(C)(C)C2(C)C. The van der Waals surface area contributed by atoms with E-state index < -0.39 is 0 Å². The predicted molar refractivity (Wildman–Crippen MR) is 105 cm³/mol. The van der Waals surface area contributed by atoms with Gasteiger partial charge in [0.1, 0.15) is 0 Å². The second-order valence-electron chi connectivity index (χ2n) is 8.84. The van der Waals surface area contributed by atoms with Gasteiger partial charge in [0.2, 0.25) is 0 Å². The van der Waals surface area contributed by atoms with Crippen LogP contribution in [0, 0.1) is 12.3 Å². The molecule has 2 aromatic heterocycles. The number of para-hydroxylation sites is 1. The molecular weight excluding hydrogens is 326 g/mol. The molecule has 4 heterocycles. The Hall–Kier alpha value is -1.81. The molecule has 3 nitrogen and oxygen atoms in total. The van der Waals surface area contributed by atoms with Gasteiger partial charge in [-0.25, -0.2) is 4.98 Å². The van der Waals surface area contributed by atoms with E-state index in [4.69, 9.17) is 0 Å². The third-order valence-electron chi connectivity index (χ3n) is 7.60. The van der Waals surface area contributed by atoms with Crippen molar-refractivity contribution in [1.82, 2.24) is 9.38 Å². The first kappa shape index (κ1) is 15.4. The summed E-state index contributed by atoms with van der Waals surface area (Å²) in [6.45, 7) is 15.4. The van der Waals surface area contributed by atoms with Gasteiger partial charge in [0.05, 0.1) is 22.7 Å². The van der Waals surface area contributed by atoms with Gasteiger partial charge in [0.25, 0.3) is 0 Å². The summed E-state index contributed by atoms with van der Waals surface area (Å²) in [6, 6.07) is 6.81. The molecule has 0 aliphatic carbocycles. The van der Waals surface area contributed by atoms with Crippen LogP contribution in [-0.2, 0) is 17.5 Å².